The molecule has 38 valence electrons. The van der Waals surface area contributed by atoms with Gasteiger partial charge in [0.05, 0.1) is 0 Å². The molecule has 7 heavy (non-hydrogen) atoms. The van der Waals surface area contributed by atoms with Gasteiger partial charge in [-0.2, -0.15) is 0 Å². The number of hydrogen-bond donors (Lipinski definition) is 1. The summed E-state index contributed by atoms with van der Waals surface area (Å²) in [5, 5.41) is 7.79. The standard InChI is InChI=1S/C3H6O2.BH4.Na/c1-3(5)2-4;;/h4H,2H2,1H3;1H4;/q;-1;+1. The van der Waals surface area contributed by atoms with Gasteiger partial charge >= 0.3 is 29.6 Å². The maximum absolute atomic E-state index is 9.56. The molecule has 0 atom stereocenters. The van der Waals surface area contributed by atoms with Crippen molar-refractivity contribution in [3.05, 3.63) is 0 Å². The summed E-state index contributed by atoms with van der Waals surface area (Å²) in [6, 6.07) is 0. The number of rotatable bonds is 1. The van der Waals surface area contributed by atoms with E-state index in [2.05, 4.69) is 0 Å². The van der Waals surface area contributed by atoms with E-state index in [1.54, 1.807) is 0 Å². The molecule has 0 aliphatic rings. The molecule has 0 aliphatic heterocycles. The van der Waals surface area contributed by atoms with E-state index in [4.69, 9.17) is 5.11 Å². The first-order chi connectivity index (χ1) is 2.27. The summed E-state index contributed by atoms with van der Waals surface area (Å²) in [7, 11) is 0. The summed E-state index contributed by atoms with van der Waals surface area (Å²) in [6.07, 6.45) is 0. The zero-order valence-electron chi connectivity index (χ0n) is 4.06. The molecule has 1 N–H and O–H groups in total. The first-order valence-corrected chi connectivity index (χ1v) is 1.37. The molecule has 0 spiro atoms. The topological polar surface area (TPSA) is 37.3 Å². The average molecular weight is 112 g/mol. The van der Waals surface area contributed by atoms with E-state index in [0.29, 0.717) is 0 Å². The van der Waals surface area contributed by atoms with Crippen LogP contribution in [0, 0.1) is 0 Å². The van der Waals surface area contributed by atoms with Crippen molar-refractivity contribution < 1.29 is 39.5 Å². The molecule has 0 aromatic rings. The molecule has 0 fully saturated rings. The molecule has 0 saturated heterocycles. The Morgan fingerprint density at radius 2 is 1.86 bits per heavy atom. The van der Waals surface area contributed by atoms with E-state index in [1.165, 1.54) is 6.92 Å². The van der Waals surface area contributed by atoms with Crippen molar-refractivity contribution in [2.24, 2.45) is 0 Å². The second kappa shape index (κ2) is 9.85. The third kappa shape index (κ3) is 20.3. The van der Waals surface area contributed by atoms with Gasteiger partial charge in [-0.05, 0) is 6.92 Å². The predicted molar refractivity (Wildman–Crippen MR) is 29.1 cm³/mol. The Labute approximate surface area is 67.2 Å². The molecule has 2 nitrogen and oxygen atoms in total. The van der Waals surface area contributed by atoms with Crippen LogP contribution in [0.4, 0.5) is 0 Å². The van der Waals surface area contributed by atoms with Crippen LogP contribution >= 0.6 is 0 Å². The van der Waals surface area contributed by atoms with Crippen molar-refractivity contribution in [1.29, 1.82) is 0 Å². The van der Waals surface area contributed by atoms with E-state index in [1.807, 2.05) is 0 Å². The summed E-state index contributed by atoms with van der Waals surface area (Å²) in [4.78, 5) is 9.56. The van der Waals surface area contributed by atoms with Crippen molar-refractivity contribution >= 4 is 14.2 Å². The molecule has 0 saturated carbocycles. The van der Waals surface area contributed by atoms with Gasteiger partial charge in [-0.15, -0.1) is 0 Å². The molecule has 0 bridgehead atoms. The van der Waals surface area contributed by atoms with Crippen molar-refractivity contribution in [3.8, 4) is 0 Å². The number of carbonyl (C=O) groups is 1. The Bertz CT molecular complexity index is 48.2. The zero-order valence-corrected chi connectivity index (χ0v) is 6.06. The fourth-order valence-electron chi connectivity index (χ4n) is 0. The minimum absolute atomic E-state index is 0. The largest absolute Gasteiger partial charge is 1.00 e. The molecular formula is C3H10BNaO2. The monoisotopic (exact) mass is 112 g/mol. The molecule has 4 heteroatoms. The Kier molecular flexibility index (Phi) is 22.0. The maximum atomic E-state index is 9.56. The van der Waals surface area contributed by atoms with Crippen molar-refractivity contribution in [3.63, 3.8) is 0 Å². The summed E-state index contributed by atoms with van der Waals surface area (Å²) < 4.78 is 0. The molecular weight excluding hydrogens is 102 g/mol. The van der Waals surface area contributed by atoms with Crippen LogP contribution < -0.4 is 29.6 Å². The first-order valence-electron chi connectivity index (χ1n) is 1.37. The fraction of sp³-hybridized carbons (Fsp3) is 0.667. The van der Waals surface area contributed by atoms with E-state index in [0.717, 1.165) is 0 Å². The molecule has 0 rings (SSSR count). The molecule has 0 unspecified atom stereocenters. The maximum Gasteiger partial charge on any atom is 1.00 e. The molecule has 0 radical (unpaired) electrons. The summed E-state index contributed by atoms with van der Waals surface area (Å²) in [6.45, 7) is 1.000. The van der Waals surface area contributed by atoms with Crippen molar-refractivity contribution in [1.82, 2.24) is 0 Å². The van der Waals surface area contributed by atoms with Gasteiger partial charge < -0.3 is 5.11 Å². The minimum Gasteiger partial charge on any atom is -0.389 e. The second-order valence-corrected chi connectivity index (χ2v) is 0.860. The average Bonchev–Trinajstić information content (AvgIpc) is 1.38. The van der Waals surface area contributed by atoms with Gasteiger partial charge in [-0.1, -0.05) is 8.41 Å². The fourth-order valence-corrected chi connectivity index (χ4v) is 0. The summed E-state index contributed by atoms with van der Waals surface area (Å²) >= 11 is 0. The number of hydrogen-bond acceptors (Lipinski definition) is 2. The van der Waals surface area contributed by atoms with Gasteiger partial charge in [0.15, 0.2) is 5.78 Å². The van der Waals surface area contributed by atoms with Crippen LogP contribution in [0.25, 0.3) is 0 Å². The van der Waals surface area contributed by atoms with E-state index in [-0.39, 0.29) is 50.4 Å². The van der Waals surface area contributed by atoms with Gasteiger partial charge in [-0.25, -0.2) is 0 Å². The van der Waals surface area contributed by atoms with Crippen LogP contribution in [0.3, 0.4) is 0 Å². The van der Waals surface area contributed by atoms with E-state index < -0.39 is 0 Å². The number of aliphatic hydroxyl groups is 1. The predicted octanol–water partition coefficient (Wildman–Crippen LogP) is -4.88. The van der Waals surface area contributed by atoms with Gasteiger partial charge in [0.1, 0.15) is 6.61 Å². The summed E-state index contributed by atoms with van der Waals surface area (Å²) in [5.74, 6) is -0.190. The van der Waals surface area contributed by atoms with E-state index in [9.17, 15) is 4.79 Å². The molecule has 0 amide bonds. The van der Waals surface area contributed by atoms with Gasteiger partial charge in [-0.3, -0.25) is 4.79 Å². The Morgan fingerprint density at radius 3 is 1.86 bits per heavy atom. The normalized spacial score (nSPS) is 5.43. The molecule has 0 heterocycles. The quantitative estimate of drug-likeness (QED) is 0.345. The molecule has 0 aromatic heterocycles. The van der Waals surface area contributed by atoms with Crippen LogP contribution in [0.1, 0.15) is 6.92 Å². The minimum atomic E-state index is -0.333. The number of ketones is 1. The number of aliphatic hydroxyl groups excluding tert-OH is 1. The zero-order chi connectivity index (χ0) is 4.28. The van der Waals surface area contributed by atoms with Crippen molar-refractivity contribution in [2.75, 3.05) is 6.61 Å². The van der Waals surface area contributed by atoms with Crippen molar-refractivity contribution in [2.45, 2.75) is 6.92 Å². The van der Waals surface area contributed by atoms with Gasteiger partial charge in [0, 0.05) is 0 Å². The number of Topliss-reactive ketones (excluding diaryl/α,β-unsaturated/α-hetero) is 1. The molecule has 0 aliphatic carbocycles. The van der Waals surface area contributed by atoms with Crippen LogP contribution in [0.15, 0.2) is 0 Å². The molecule has 0 aromatic carbocycles. The van der Waals surface area contributed by atoms with Gasteiger partial charge in [0.25, 0.3) is 0 Å². The third-order valence-electron chi connectivity index (χ3n) is 0.223. The Morgan fingerprint density at radius 1 is 1.71 bits per heavy atom. The van der Waals surface area contributed by atoms with Crippen LogP contribution in [0.2, 0.25) is 0 Å². The number of carbonyl (C=O) groups excluding carboxylic acids is 1. The second-order valence-electron chi connectivity index (χ2n) is 0.860. The Balaban J connectivity index is -0.0000000800. The summed E-state index contributed by atoms with van der Waals surface area (Å²) in [5.41, 5.74) is 0. The first kappa shape index (κ1) is 15.6. The smallest absolute Gasteiger partial charge is 0.389 e. The van der Waals surface area contributed by atoms with Gasteiger partial charge in [0.2, 0.25) is 0 Å². The van der Waals surface area contributed by atoms with E-state index >= 15 is 0 Å². The van der Waals surface area contributed by atoms with Crippen LogP contribution in [0.5, 0.6) is 0 Å². The van der Waals surface area contributed by atoms with Crippen LogP contribution in [-0.4, -0.2) is 25.9 Å². The SMILES string of the molecule is CC(=O)CO.[BH4-].[Na+]. The van der Waals surface area contributed by atoms with Crippen LogP contribution in [-0.2, 0) is 4.79 Å². The third-order valence-corrected chi connectivity index (χ3v) is 0.223. The Hall–Kier alpha value is 0.695.